The maximum absolute atomic E-state index is 10.3. The van der Waals surface area contributed by atoms with E-state index in [1.54, 1.807) is 14.2 Å². The van der Waals surface area contributed by atoms with Crippen molar-refractivity contribution in [3.05, 3.63) is 58.7 Å². The molecule has 0 heterocycles. The van der Waals surface area contributed by atoms with Crippen LogP contribution in [0.5, 0.6) is 11.5 Å². The molecule has 2 rings (SSSR count). The van der Waals surface area contributed by atoms with Gasteiger partial charge in [0.2, 0.25) is 0 Å². The van der Waals surface area contributed by atoms with Crippen molar-refractivity contribution < 1.29 is 19.3 Å². The predicted octanol–water partition coefficient (Wildman–Crippen LogP) is 5.63. The zero-order valence-corrected chi connectivity index (χ0v) is 19.0. The number of phenols is 1. The second kappa shape index (κ2) is 9.64. The van der Waals surface area contributed by atoms with Gasteiger partial charge < -0.3 is 19.3 Å². The van der Waals surface area contributed by atoms with Crippen LogP contribution in [0.1, 0.15) is 56.9 Å². The summed E-state index contributed by atoms with van der Waals surface area (Å²) in [6, 6.07) is 12.4. The zero-order valence-electron chi connectivity index (χ0n) is 19.0. The van der Waals surface area contributed by atoms with Crippen molar-refractivity contribution in [2.24, 2.45) is 5.41 Å². The monoisotopic (exact) mass is 400 g/mol. The largest absolute Gasteiger partial charge is 0.507 e. The molecular weight excluding hydrogens is 364 g/mol. The summed E-state index contributed by atoms with van der Waals surface area (Å²) < 4.78 is 16.4. The molecule has 0 unspecified atom stereocenters. The minimum Gasteiger partial charge on any atom is -0.507 e. The molecular formula is C25H36O4. The Kier molecular flexibility index (Phi) is 7.73. The number of aromatic hydroxyl groups is 1. The van der Waals surface area contributed by atoms with Crippen molar-refractivity contribution in [2.45, 2.75) is 59.7 Å². The van der Waals surface area contributed by atoms with Crippen molar-refractivity contribution in [2.75, 3.05) is 20.8 Å². The van der Waals surface area contributed by atoms with Gasteiger partial charge in [0.1, 0.15) is 11.5 Å². The molecule has 160 valence electrons. The molecule has 0 radical (unpaired) electrons. The van der Waals surface area contributed by atoms with Gasteiger partial charge in [0.15, 0.2) is 0 Å². The van der Waals surface area contributed by atoms with Crippen LogP contribution >= 0.6 is 0 Å². The van der Waals surface area contributed by atoms with E-state index in [1.165, 1.54) is 5.56 Å². The molecule has 0 aliphatic heterocycles. The average Bonchev–Trinajstić information content (AvgIpc) is 2.65. The van der Waals surface area contributed by atoms with Crippen LogP contribution < -0.4 is 4.74 Å². The molecule has 0 fully saturated rings. The lowest BCUT2D eigenvalue weighted by molar-refractivity contribution is 0.174. The van der Waals surface area contributed by atoms with Crippen LogP contribution in [-0.2, 0) is 34.5 Å². The van der Waals surface area contributed by atoms with E-state index in [0.29, 0.717) is 19.8 Å². The van der Waals surface area contributed by atoms with Crippen LogP contribution in [-0.4, -0.2) is 25.9 Å². The fourth-order valence-corrected chi connectivity index (χ4v) is 3.20. The molecule has 29 heavy (non-hydrogen) atoms. The van der Waals surface area contributed by atoms with Crippen LogP contribution in [0, 0.1) is 5.41 Å². The van der Waals surface area contributed by atoms with E-state index < -0.39 is 0 Å². The second-order valence-corrected chi connectivity index (χ2v) is 9.13. The van der Waals surface area contributed by atoms with Gasteiger partial charge in [0.25, 0.3) is 0 Å². The Morgan fingerprint density at radius 2 is 1.34 bits per heavy atom. The topological polar surface area (TPSA) is 47.9 Å². The number of phenolic OH excluding ortho intramolecular Hbond substituents is 1. The summed E-state index contributed by atoms with van der Waals surface area (Å²) in [5, 5.41) is 10.3. The maximum Gasteiger partial charge on any atom is 0.126 e. The molecule has 0 atom stereocenters. The van der Waals surface area contributed by atoms with Gasteiger partial charge in [-0.05, 0) is 46.2 Å². The third-order valence-electron chi connectivity index (χ3n) is 6.04. The van der Waals surface area contributed by atoms with Crippen LogP contribution in [0.25, 0.3) is 0 Å². The molecule has 0 spiro atoms. The van der Waals surface area contributed by atoms with E-state index >= 15 is 0 Å². The number of rotatable bonds is 9. The molecule has 4 nitrogen and oxygen atoms in total. The quantitative estimate of drug-likeness (QED) is 0.592. The highest BCUT2D eigenvalue weighted by molar-refractivity contribution is 5.43. The molecule has 4 heteroatoms. The first-order valence-electron chi connectivity index (χ1n) is 10.1. The van der Waals surface area contributed by atoms with Gasteiger partial charge in [-0.3, -0.25) is 0 Å². The van der Waals surface area contributed by atoms with Crippen LogP contribution in [0.3, 0.4) is 0 Å². The van der Waals surface area contributed by atoms with Gasteiger partial charge in [0.05, 0.1) is 19.8 Å². The highest BCUT2D eigenvalue weighted by Crippen LogP contribution is 2.41. The van der Waals surface area contributed by atoms with Crippen molar-refractivity contribution in [3.8, 4) is 11.5 Å². The van der Waals surface area contributed by atoms with Crippen LogP contribution in [0.2, 0.25) is 0 Å². The number of benzene rings is 2. The average molecular weight is 401 g/mol. The summed E-state index contributed by atoms with van der Waals surface area (Å²) in [5.41, 5.74) is 4.19. The lowest BCUT2D eigenvalue weighted by atomic mass is 9.65. The van der Waals surface area contributed by atoms with E-state index in [4.69, 9.17) is 14.2 Å². The lowest BCUT2D eigenvalue weighted by Crippen LogP contribution is -2.33. The molecule has 2 aromatic rings. The Labute approximate surface area is 175 Å². The van der Waals surface area contributed by atoms with Gasteiger partial charge >= 0.3 is 0 Å². The number of ether oxygens (including phenoxy) is 3. The molecule has 1 N–H and O–H groups in total. The van der Waals surface area contributed by atoms with E-state index in [0.717, 1.165) is 28.9 Å². The first-order valence-corrected chi connectivity index (χ1v) is 10.1. The summed E-state index contributed by atoms with van der Waals surface area (Å²) in [5.74, 6) is 1.11. The van der Waals surface area contributed by atoms with Crippen molar-refractivity contribution in [3.63, 3.8) is 0 Å². The summed E-state index contributed by atoms with van der Waals surface area (Å²) in [4.78, 5) is 0. The molecule has 2 aromatic carbocycles. The van der Waals surface area contributed by atoms with E-state index in [2.05, 4.69) is 46.8 Å². The standard InChI is InChI=1S/C25H36O4/c1-24(2,3)25(4,5)21-8-10-22(11-9-21)29-13-12-18-14-19(16-27-6)23(26)20(15-18)17-28-7/h8-11,14-15,26H,12-13,16-17H2,1-7H3. The van der Waals surface area contributed by atoms with E-state index in [1.807, 2.05) is 24.3 Å². The first-order chi connectivity index (χ1) is 13.6. The smallest absolute Gasteiger partial charge is 0.126 e. The highest BCUT2D eigenvalue weighted by Gasteiger charge is 2.34. The van der Waals surface area contributed by atoms with Gasteiger partial charge in [-0.1, -0.05) is 46.8 Å². The Morgan fingerprint density at radius 1 is 0.828 bits per heavy atom. The molecule has 0 aliphatic carbocycles. The SMILES string of the molecule is COCc1cc(CCOc2ccc(C(C)(C)C(C)(C)C)cc2)cc(COC)c1O. The minimum atomic E-state index is 0.0765. The fourth-order valence-electron chi connectivity index (χ4n) is 3.20. The van der Waals surface area contributed by atoms with Crippen molar-refractivity contribution in [1.82, 2.24) is 0 Å². The molecule has 0 bridgehead atoms. The summed E-state index contributed by atoms with van der Waals surface area (Å²) in [6.07, 6.45) is 0.739. The van der Waals surface area contributed by atoms with E-state index in [9.17, 15) is 5.11 Å². The summed E-state index contributed by atoms with van der Waals surface area (Å²) in [6.45, 7) is 12.7. The van der Waals surface area contributed by atoms with Gasteiger partial charge in [-0.2, -0.15) is 0 Å². The van der Waals surface area contributed by atoms with Gasteiger partial charge in [0, 0.05) is 31.8 Å². The van der Waals surface area contributed by atoms with Gasteiger partial charge in [-0.15, -0.1) is 0 Å². The third kappa shape index (κ3) is 5.74. The number of hydrogen-bond acceptors (Lipinski definition) is 4. The van der Waals surface area contributed by atoms with Crippen molar-refractivity contribution in [1.29, 1.82) is 0 Å². The first kappa shape index (κ1) is 23.2. The molecule has 0 aromatic heterocycles. The molecule has 0 saturated heterocycles. The second-order valence-electron chi connectivity index (χ2n) is 9.13. The lowest BCUT2D eigenvalue weighted by Gasteiger charge is -2.39. The third-order valence-corrected chi connectivity index (χ3v) is 6.04. The minimum absolute atomic E-state index is 0.0765. The Balaban J connectivity index is 2.04. The van der Waals surface area contributed by atoms with Crippen molar-refractivity contribution >= 4 is 0 Å². The van der Waals surface area contributed by atoms with E-state index in [-0.39, 0.29) is 16.6 Å². The number of hydrogen-bond donors (Lipinski definition) is 1. The predicted molar refractivity (Wildman–Crippen MR) is 118 cm³/mol. The highest BCUT2D eigenvalue weighted by atomic mass is 16.5. The maximum atomic E-state index is 10.3. The molecule has 0 aliphatic rings. The Bertz CT molecular complexity index is 758. The summed E-state index contributed by atoms with van der Waals surface area (Å²) >= 11 is 0. The zero-order chi connectivity index (χ0) is 21.7. The fraction of sp³-hybridized carbons (Fsp3) is 0.520. The Morgan fingerprint density at radius 3 is 1.79 bits per heavy atom. The summed E-state index contributed by atoms with van der Waals surface area (Å²) in [7, 11) is 3.24. The van der Waals surface area contributed by atoms with Crippen LogP contribution in [0.4, 0.5) is 0 Å². The normalized spacial score (nSPS) is 12.2. The molecule has 0 amide bonds. The number of methoxy groups -OCH3 is 2. The molecule has 0 saturated carbocycles. The van der Waals surface area contributed by atoms with Gasteiger partial charge in [-0.25, -0.2) is 0 Å². The Hall–Kier alpha value is -2.04. The van der Waals surface area contributed by atoms with Crippen LogP contribution in [0.15, 0.2) is 36.4 Å².